The van der Waals surface area contributed by atoms with Gasteiger partial charge in [-0.15, -0.1) is 5.10 Å². The molecule has 1 saturated heterocycles. The zero-order valence-corrected chi connectivity index (χ0v) is 18.5. The van der Waals surface area contributed by atoms with Crippen molar-refractivity contribution in [1.82, 2.24) is 5.32 Å². The van der Waals surface area contributed by atoms with Crippen molar-refractivity contribution in [2.75, 3.05) is 14.2 Å². The molecule has 0 bridgehead atoms. The SMILES string of the molecule is COC(=O)/C=C1/S/C(=N\N=Cc2cccc(OC)c2OCc2ccc(F)cc2Cl)NC1=O. The van der Waals surface area contributed by atoms with Crippen molar-refractivity contribution in [3.05, 3.63) is 69.3 Å². The van der Waals surface area contributed by atoms with Crippen LogP contribution >= 0.6 is 23.4 Å². The highest BCUT2D eigenvalue weighted by molar-refractivity contribution is 8.18. The number of benzene rings is 2. The molecule has 0 unspecified atom stereocenters. The lowest BCUT2D eigenvalue weighted by Gasteiger charge is -2.13. The van der Waals surface area contributed by atoms with Crippen LogP contribution in [-0.2, 0) is 20.9 Å². The normalized spacial score (nSPS) is 15.9. The highest BCUT2D eigenvalue weighted by atomic mass is 35.5. The molecule has 1 aliphatic rings. The summed E-state index contributed by atoms with van der Waals surface area (Å²) in [4.78, 5) is 23.3. The van der Waals surface area contributed by atoms with Gasteiger partial charge in [-0.3, -0.25) is 10.1 Å². The average molecular weight is 478 g/mol. The third kappa shape index (κ3) is 5.86. The minimum Gasteiger partial charge on any atom is -0.493 e. The van der Waals surface area contributed by atoms with E-state index in [-0.39, 0.29) is 21.7 Å². The van der Waals surface area contributed by atoms with Crippen molar-refractivity contribution in [2.24, 2.45) is 10.2 Å². The molecule has 166 valence electrons. The summed E-state index contributed by atoms with van der Waals surface area (Å²) >= 11 is 7.02. The topological polar surface area (TPSA) is 98.6 Å². The number of para-hydroxylation sites is 1. The van der Waals surface area contributed by atoms with Crippen molar-refractivity contribution in [3.63, 3.8) is 0 Å². The molecule has 0 atom stereocenters. The van der Waals surface area contributed by atoms with E-state index in [1.807, 2.05) is 0 Å². The third-order valence-electron chi connectivity index (χ3n) is 4.06. The summed E-state index contributed by atoms with van der Waals surface area (Å²) in [5.41, 5.74) is 1.14. The molecule has 0 aliphatic carbocycles. The highest BCUT2D eigenvalue weighted by Gasteiger charge is 2.25. The number of amides is 1. The largest absolute Gasteiger partial charge is 0.493 e. The molecule has 11 heteroatoms. The van der Waals surface area contributed by atoms with E-state index in [2.05, 4.69) is 20.3 Å². The van der Waals surface area contributed by atoms with Crippen LogP contribution in [0.15, 0.2) is 57.6 Å². The van der Waals surface area contributed by atoms with Gasteiger partial charge in [0.15, 0.2) is 16.7 Å². The summed E-state index contributed by atoms with van der Waals surface area (Å²) in [5, 5.41) is 10.9. The van der Waals surface area contributed by atoms with Gasteiger partial charge in [0.1, 0.15) is 12.4 Å². The van der Waals surface area contributed by atoms with E-state index in [1.54, 1.807) is 18.2 Å². The molecule has 0 spiro atoms. The number of amidine groups is 1. The maximum Gasteiger partial charge on any atom is 0.331 e. The number of esters is 1. The Morgan fingerprint density at radius 3 is 2.81 bits per heavy atom. The summed E-state index contributed by atoms with van der Waals surface area (Å²) in [6.07, 6.45) is 2.49. The Hall–Kier alpha value is -3.37. The van der Waals surface area contributed by atoms with E-state index in [1.165, 1.54) is 38.6 Å². The molecule has 1 fully saturated rings. The van der Waals surface area contributed by atoms with Crippen LogP contribution in [0.4, 0.5) is 4.39 Å². The molecule has 0 aromatic heterocycles. The van der Waals surface area contributed by atoms with Crippen LogP contribution in [0.1, 0.15) is 11.1 Å². The van der Waals surface area contributed by atoms with E-state index in [4.69, 9.17) is 21.1 Å². The fraction of sp³-hybridized carbons (Fsp3) is 0.143. The van der Waals surface area contributed by atoms with Crippen LogP contribution in [0.5, 0.6) is 11.5 Å². The highest BCUT2D eigenvalue weighted by Crippen LogP contribution is 2.32. The molecule has 1 amide bonds. The number of methoxy groups -OCH3 is 2. The zero-order chi connectivity index (χ0) is 23.1. The van der Waals surface area contributed by atoms with E-state index < -0.39 is 17.7 Å². The van der Waals surface area contributed by atoms with Gasteiger partial charge >= 0.3 is 5.97 Å². The lowest BCUT2D eigenvalue weighted by molar-refractivity contribution is -0.135. The number of carbonyl (C=O) groups excluding carboxylic acids is 2. The Morgan fingerprint density at radius 1 is 1.28 bits per heavy atom. The first-order valence-corrected chi connectivity index (χ1v) is 10.2. The number of hydrogen-bond acceptors (Lipinski definition) is 8. The standard InChI is InChI=1S/C21H17ClFN3O5S/c1-29-16-5-3-4-12(19(16)31-11-13-6-7-14(23)8-15(13)22)10-24-26-21-25-20(28)17(32-21)9-18(27)30-2/h3-10H,11H2,1-2H3,(H,25,26,28)/b17-9+,24-10?. The van der Waals surface area contributed by atoms with Gasteiger partial charge in [-0.25, -0.2) is 9.18 Å². The average Bonchev–Trinajstić information content (AvgIpc) is 3.12. The Kier molecular flexibility index (Phi) is 7.85. The molecule has 32 heavy (non-hydrogen) atoms. The number of hydrogen-bond donors (Lipinski definition) is 1. The Labute approximate surface area is 192 Å². The number of nitrogens with one attached hydrogen (secondary N) is 1. The van der Waals surface area contributed by atoms with Crippen molar-refractivity contribution >= 4 is 46.6 Å². The molecule has 1 aliphatic heterocycles. The lowest BCUT2D eigenvalue weighted by atomic mass is 10.2. The number of carbonyl (C=O) groups is 2. The Balaban J connectivity index is 1.77. The first-order valence-electron chi connectivity index (χ1n) is 9.05. The third-order valence-corrected chi connectivity index (χ3v) is 5.31. The number of ether oxygens (including phenoxy) is 3. The second kappa shape index (κ2) is 10.8. The molecule has 1 N–H and O–H groups in total. The summed E-state index contributed by atoms with van der Waals surface area (Å²) in [7, 11) is 2.71. The van der Waals surface area contributed by atoms with Gasteiger partial charge in [-0.05, 0) is 36.0 Å². The van der Waals surface area contributed by atoms with Crippen molar-refractivity contribution < 1.29 is 28.2 Å². The van der Waals surface area contributed by atoms with E-state index in [0.29, 0.717) is 22.6 Å². The first-order chi connectivity index (χ1) is 15.4. The summed E-state index contributed by atoms with van der Waals surface area (Å²) in [5.74, 6) is -0.729. The smallest absolute Gasteiger partial charge is 0.331 e. The van der Waals surface area contributed by atoms with Crippen LogP contribution < -0.4 is 14.8 Å². The summed E-state index contributed by atoms with van der Waals surface area (Å²) in [6.45, 7) is 0.0719. The monoisotopic (exact) mass is 477 g/mol. The number of rotatable bonds is 7. The number of thioether (sulfide) groups is 1. The minimum absolute atomic E-state index is 0.0719. The molecule has 0 radical (unpaired) electrons. The van der Waals surface area contributed by atoms with Crippen molar-refractivity contribution in [1.29, 1.82) is 0 Å². The second-order valence-corrected chi connectivity index (χ2v) is 7.58. The van der Waals surface area contributed by atoms with Gasteiger partial charge in [-0.2, -0.15) is 5.10 Å². The molecule has 2 aromatic rings. The molecule has 8 nitrogen and oxygen atoms in total. The molecular weight excluding hydrogens is 461 g/mol. The van der Waals surface area contributed by atoms with Gasteiger partial charge < -0.3 is 14.2 Å². The summed E-state index contributed by atoms with van der Waals surface area (Å²) < 4.78 is 29.0. The fourth-order valence-corrected chi connectivity index (χ4v) is 3.48. The minimum atomic E-state index is -0.646. The lowest BCUT2D eigenvalue weighted by Crippen LogP contribution is -2.19. The van der Waals surface area contributed by atoms with Crippen molar-refractivity contribution in [3.8, 4) is 11.5 Å². The van der Waals surface area contributed by atoms with E-state index in [0.717, 1.165) is 17.8 Å². The van der Waals surface area contributed by atoms with Crippen LogP contribution in [0.2, 0.25) is 5.02 Å². The quantitative estimate of drug-likeness (QED) is 0.283. The van der Waals surface area contributed by atoms with Gasteiger partial charge in [0, 0.05) is 17.2 Å². The van der Waals surface area contributed by atoms with Crippen LogP contribution in [0.25, 0.3) is 0 Å². The maximum atomic E-state index is 13.3. The molecular formula is C21H17ClFN3O5S. The molecule has 2 aromatic carbocycles. The number of halogens is 2. The predicted octanol–water partition coefficient (Wildman–Crippen LogP) is 3.68. The van der Waals surface area contributed by atoms with Crippen molar-refractivity contribution in [2.45, 2.75) is 6.61 Å². The Bertz CT molecular complexity index is 1140. The van der Waals surface area contributed by atoms with E-state index in [9.17, 15) is 14.0 Å². The fourth-order valence-electron chi connectivity index (χ4n) is 2.52. The van der Waals surface area contributed by atoms with Gasteiger partial charge in [0.2, 0.25) is 0 Å². The molecule has 0 saturated carbocycles. The Morgan fingerprint density at radius 2 is 2.09 bits per heavy atom. The van der Waals surface area contributed by atoms with Gasteiger partial charge in [-0.1, -0.05) is 23.7 Å². The predicted molar refractivity (Wildman–Crippen MR) is 120 cm³/mol. The zero-order valence-electron chi connectivity index (χ0n) is 16.9. The van der Waals surface area contributed by atoms with Gasteiger partial charge in [0.05, 0.1) is 30.4 Å². The number of nitrogens with zero attached hydrogens (tertiary/aromatic N) is 2. The molecule has 3 rings (SSSR count). The van der Waals surface area contributed by atoms with E-state index >= 15 is 0 Å². The van der Waals surface area contributed by atoms with Crippen LogP contribution in [0, 0.1) is 5.82 Å². The molecule has 1 heterocycles. The van der Waals surface area contributed by atoms with Crippen LogP contribution in [0.3, 0.4) is 0 Å². The van der Waals surface area contributed by atoms with Crippen LogP contribution in [-0.4, -0.2) is 37.5 Å². The van der Waals surface area contributed by atoms with Gasteiger partial charge in [0.25, 0.3) is 5.91 Å². The maximum absolute atomic E-state index is 13.3. The second-order valence-electron chi connectivity index (χ2n) is 6.14. The summed E-state index contributed by atoms with van der Waals surface area (Å²) in [6, 6.07) is 9.22. The first kappa shape index (κ1) is 23.3.